The third kappa shape index (κ3) is 2.42. The number of nitrogens with two attached hydrogens (primary N) is 1. The van der Waals surface area contributed by atoms with Crippen molar-refractivity contribution in [3.8, 4) is 0 Å². The molecule has 6 nitrogen and oxygen atoms in total. The Morgan fingerprint density at radius 1 is 1.37 bits per heavy atom. The first-order valence-electron chi connectivity index (χ1n) is 6.72. The largest absolute Gasteiger partial charge is 0.326 e. The Morgan fingerprint density at radius 2 is 2.05 bits per heavy atom. The summed E-state index contributed by atoms with van der Waals surface area (Å²) in [5.74, 6) is 0. The van der Waals surface area contributed by atoms with Crippen LogP contribution in [0.2, 0.25) is 0 Å². The highest BCUT2D eigenvalue weighted by Crippen LogP contribution is 2.27. The van der Waals surface area contributed by atoms with Crippen LogP contribution in [0.5, 0.6) is 0 Å². The lowest BCUT2D eigenvalue weighted by Crippen LogP contribution is -2.32. The van der Waals surface area contributed by atoms with Crippen LogP contribution in [-0.2, 0) is 29.9 Å². The Kier molecular flexibility index (Phi) is 3.98. The molecule has 0 aliphatic carbocycles. The SMILES string of the molecule is CCc1nn(C)c(CC)c1S(=O)(=O)N1CCC(N)C1. The van der Waals surface area contributed by atoms with E-state index < -0.39 is 10.0 Å². The van der Waals surface area contributed by atoms with Gasteiger partial charge in [-0.15, -0.1) is 0 Å². The number of aryl methyl sites for hydroxylation is 2. The second kappa shape index (κ2) is 5.22. The maximum Gasteiger partial charge on any atom is 0.246 e. The Balaban J connectivity index is 2.51. The first-order valence-corrected chi connectivity index (χ1v) is 8.16. The van der Waals surface area contributed by atoms with Crippen LogP contribution in [0, 0.1) is 0 Å². The molecule has 0 saturated carbocycles. The van der Waals surface area contributed by atoms with Gasteiger partial charge in [-0.2, -0.15) is 9.40 Å². The van der Waals surface area contributed by atoms with Gasteiger partial charge in [-0.25, -0.2) is 8.42 Å². The van der Waals surface area contributed by atoms with E-state index in [-0.39, 0.29) is 6.04 Å². The quantitative estimate of drug-likeness (QED) is 0.861. The molecular formula is C12H22N4O2S. The average Bonchev–Trinajstić information content (AvgIpc) is 2.93. The molecule has 2 rings (SSSR count). The van der Waals surface area contributed by atoms with Gasteiger partial charge in [0.15, 0.2) is 0 Å². The number of sulfonamides is 1. The monoisotopic (exact) mass is 286 g/mol. The van der Waals surface area contributed by atoms with Crippen molar-refractivity contribution in [2.24, 2.45) is 12.8 Å². The maximum atomic E-state index is 12.8. The van der Waals surface area contributed by atoms with Gasteiger partial charge in [0.2, 0.25) is 10.0 Å². The minimum Gasteiger partial charge on any atom is -0.326 e. The summed E-state index contributed by atoms with van der Waals surface area (Å²) < 4.78 is 28.7. The molecule has 1 aliphatic rings. The van der Waals surface area contributed by atoms with Crippen molar-refractivity contribution < 1.29 is 8.42 Å². The first-order chi connectivity index (χ1) is 8.91. The highest BCUT2D eigenvalue weighted by Gasteiger charge is 2.35. The minimum absolute atomic E-state index is 0.0541. The first kappa shape index (κ1) is 14.5. The molecule has 1 aliphatic heterocycles. The van der Waals surface area contributed by atoms with Crippen molar-refractivity contribution in [1.29, 1.82) is 0 Å². The smallest absolute Gasteiger partial charge is 0.246 e. The summed E-state index contributed by atoms with van der Waals surface area (Å²) in [7, 11) is -1.67. The zero-order chi connectivity index (χ0) is 14.2. The van der Waals surface area contributed by atoms with Crippen LogP contribution >= 0.6 is 0 Å². The number of hydrogen-bond donors (Lipinski definition) is 1. The molecule has 7 heteroatoms. The second-order valence-electron chi connectivity index (χ2n) is 4.97. The molecule has 19 heavy (non-hydrogen) atoms. The van der Waals surface area contributed by atoms with Crippen LogP contribution in [0.4, 0.5) is 0 Å². The fourth-order valence-electron chi connectivity index (χ4n) is 2.62. The number of rotatable bonds is 4. The van der Waals surface area contributed by atoms with Crippen LogP contribution in [-0.4, -0.2) is 41.6 Å². The summed E-state index contributed by atoms with van der Waals surface area (Å²) in [5, 5.41) is 4.34. The van der Waals surface area contributed by atoms with Crippen LogP contribution < -0.4 is 5.73 Å². The summed E-state index contributed by atoms with van der Waals surface area (Å²) >= 11 is 0. The van der Waals surface area contributed by atoms with Crippen molar-refractivity contribution in [2.75, 3.05) is 13.1 Å². The molecule has 2 heterocycles. The van der Waals surface area contributed by atoms with Crippen molar-refractivity contribution in [3.05, 3.63) is 11.4 Å². The molecule has 2 N–H and O–H groups in total. The van der Waals surface area contributed by atoms with E-state index >= 15 is 0 Å². The summed E-state index contributed by atoms with van der Waals surface area (Å²) in [4.78, 5) is 0.397. The average molecular weight is 286 g/mol. The maximum absolute atomic E-state index is 12.8. The molecule has 0 bridgehead atoms. The van der Waals surface area contributed by atoms with Crippen LogP contribution in [0.15, 0.2) is 4.90 Å². The fourth-order valence-corrected chi connectivity index (χ4v) is 4.67. The van der Waals surface area contributed by atoms with E-state index in [2.05, 4.69) is 5.10 Å². The second-order valence-corrected chi connectivity index (χ2v) is 6.84. The third-order valence-corrected chi connectivity index (χ3v) is 5.64. The zero-order valence-corrected chi connectivity index (χ0v) is 12.6. The lowest BCUT2D eigenvalue weighted by molar-refractivity contribution is 0.470. The molecule has 0 radical (unpaired) electrons. The van der Waals surface area contributed by atoms with Gasteiger partial charge in [-0.05, 0) is 19.3 Å². The summed E-state index contributed by atoms with van der Waals surface area (Å²) in [5.41, 5.74) is 7.25. The molecule has 1 fully saturated rings. The van der Waals surface area contributed by atoms with Gasteiger partial charge < -0.3 is 5.73 Å². The molecule has 1 saturated heterocycles. The van der Waals surface area contributed by atoms with Gasteiger partial charge in [0.1, 0.15) is 4.90 Å². The van der Waals surface area contributed by atoms with E-state index in [9.17, 15) is 8.42 Å². The molecule has 1 aromatic heterocycles. The lowest BCUT2D eigenvalue weighted by atomic mass is 10.2. The van der Waals surface area contributed by atoms with E-state index in [1.807, 2.05) is 13.8 Å². The minimum atomic E-state index is -3.47. The number of nitrogens with zero attached hydrogens (tertiary/aromatic N) is 3. The van der Waals surface area contributed by atoms with Gasteiger partial charge in [0.05, 0.1) is 11.4 Å². The lowest BCUT2D eigenvalue weighted by Gasteiger charge is -2.17. The number of hydrogen-bond acceptors (Lipinski definition) is 4. The third-order valence-electron chi connectivity index (χ3n) is 3.64. The molecule has 1 aromatic rings. The van der Waals surface area contributed by atoms with Crippen molar-refractivity contribution >= 4 is 10.0 Å². The highest BCUT2D eigenvalue weighted by atomic mass is 32.2. The van der Waals surface area contributed by atoms with Crippen LogP contribution in [0.3, 0.4) is 0 Å². The molecule has 0 aromatic carbocycles. The molecule has 1 atom stereocenters. The Morgan fingerprint density at radius 3 is 2.53 bits per heavy atom. The van der Waals surface area contributed by atoms with Crippen molar-refractivity contribution in [2.45, 2.75) is 44.0 Å². The van der Waals surface area contributed by atoms with Gasteiger partial charge in [0.25, 0.3) is 0 Å². The van der Waals surface area contributed by atoms with Gasteiger partial charge in [-0.1, -0.05) is 13.8 Å². The van der Waals surface area contributed by atoms with Crippen LogP contribution in [0.25, 0.3) is 0 Å². The normalized spacial score (nSPS) is 21.2. The zero-order valence-electron chi connectivity index (χ0n) is 11.8. The molecule has 0 amide bonds. The Hall–Kier alpha value is -0.920. The molecule has 0 spiro atoms. The van der Waals surface area contributed by atoms with Crippen molar-refractivity contribution in [1.82, 2.24) is 14.1 Å². The Labute approximate surface area is 114 Å². The van der Waals surface area contributed by atoms with E-state index in [1.54, 1.807) is 11.7 Å². The van der Waals surface area contributed by atoms with E-state index in [1.165, 1.54) is 4.31 Å². The summed E-state index contributed by atoms with van der Waals surface area (Å²) in [6.45, 7) is 4.79. The molecular weight excluding hydrogens is 264 g/mol. The van der Waals surface area contributed by atoms with E-state index in [0.717, 1.165) is 12.1 Å². The number of aromatic nitrogens is 2. The van der Waals surface area contributed by atoms with Gasteiger partial charge in [-0.3, -0.25) is 4.68 Å². The summed E-state index contributed by atoms with van der Waals surface area (Å²) in [6, 6.07) is -0.0541. The van der Waals surface area contributed by atoms with Gasteiger partial charge >= 0.3 is 0 Å². The van der Waals surface area contributed by atoms with E-state index in [4.69, 9.17) is 5.73 Å². The molecule has 1 unspecified atom stereocenters. The fraction of sp³-hybridized carbons (Fsp3) is 0.750. The van der Waals surface area contributed by atoms with Crippen molar-refractivity contribution in [3.63, 3.8) is 0 Å². The summed E-state index contributed by atoms with van der Waals surface area (Å²) in [6.07, 6.45) is 1.99. The predicted octanol–water partition coefficient (Wildman–Crippen LogP) is 0.267. The predicted molar refractivity (Wildman–Crippen MR) is 73.3 cm³/mol. The van der Waals surface area contributed by atoms with Crippen LogP contribution in [0.1, 0.15) is 31.7 Å². The van der Waals surface area contributed by atoms with Gasteiger partial charge in [0, 0.05) is 26.2 Å². The highest BCUT2D eigenvalue weighted by molar-refractivity contribution is 7.89. The molecule has 108 valence electrons. The standard InChI is InChI=1S/C12H22N4O2S/c1-4-10-12(11(5-2)15(3)14-10)19(17,18)16-7-6-9(13)8-16/h9H,4-8,13H2,1-3H3. The van der Waals surface area contributed by atoms with E-state index in [0.29, 0.717) is 36.5 Å². The topological polar surface area (TPSA) is 81.2 Å². The Bertz CT molecular complexity index is 565.